The molecule has 7 heteroatoms. The van der Waals surface area contributed by atoms with E-state index >= 15 is 0 Å². The van der Waals surface area contributed by atoms with Crippen LogP contribution < -0.4 is 0 Å². The molecule has 0 saturated carbocycles. The highest BCUT2D eigenvalue weighted by Gasteiger charge is 2.23. The van der Waals surface area contributed by atoms with E-state index in [-0.39, 0.29) is 22.9 Å². The third-order valence-corrected chi connectivity index (χ3v) is 2.48. The number of nitro benzene ring substituents is 1. The molecular formula is C12H14ClNO5. The molecule has 0 aliphatic rings. The summed E-state index contributed by atoms with van der Waals surface area (Å²) in [6.07, 6.45) is -0.494. The Bertz CT molecular complexity index is 477. The van der Waals surface area contributed by atoms with Crippen molar-refractivity contribution in [3.8, 4) is 0 Å². The van der Waals surface area contributed by atoms with Gasteiger partial charge in [-0.05, 0) is 26.0 Å². The zero-order chi connectivity index (χ0) is 14.4. The van der Waals surface area contributed by atoms with Gasteiger partial charge in [0.25, 0.3) is 5.69 Å². The molecule has 1 aromatic carbocycles. The van der Waals surface area contributed by atoms with E-state index in [4.69, 9.17) is 21.1 Å². The zero-order valence-electron chi connectivity index (χ0n) is 10.6. The minimum absolute atomic E-state index is 0.166. The van der Waals surface area contributed by atoms with Crippen LogP contribution in [-0.4, -0.2) is 30.2 Å². The number of ether oxygens (including phenoxy) is 2. The lowest BCUT2D eigenvalue weighted by atomic mass is 10.2. The average Bonchev–Trinajstić information content (AvgIpc) is 2.35. The van der Waals surface area contributed by atoms with Gasteiger partial charge < -0.3 is 9.47 Å². The van der Waals surface area contributed by atoms with Gasteiger partial charge in [0, 0.05) is 17.7 Å². The summed E-state index contributed by atoms with van der Waals surface area (Å²) in [6, 6.07) is 3.74. The number of halogens is 1. The summed E-state index contributed by atoms with van der Waals surface area (Å²) in [5, 5.41) is 11.1. The molecule has 0 fully saturated rings. The summed E-state index contributed by atoms with van der Waals surface area (Å²) in [4.78, 5) is 22.0. The van der Waals surface area contributed by atoms with E-state index in [9.17, 15) is 14.9 Å². The highest BCUT2D eigenvalue weighted by molar-refractivity contribution is 6.31. The van der Waals surface area contributed by atoms with Gasteiger partial charge in [-0.25, -0.2) is 4.79 Å². The maximum atomic E-state index is 11.9. The Morgan fingerprint density at radius 2 is 2.21 bits per heavy atom. The van der Waals surface area contributed by atoms with E-state index in [1.165, 1.54) is 18.2 Å². The number of carbonyl (C=O) groups excluding carboxylic acids is 1. The molecule has 0 aromatic heterocycles. The molecule has 1 rings (SSSR count). The first-order chi connectivity index (χ1) is 8.95. The van der Waals surface area contributed by atoms with Gasteiger partial charge in [-0.2, -0.15) is 0 Å². The van der Waals surface area contributed by atoms with E-state index < -0.39 is 17.0 Å². The first kappa shape index (κ1) is 15.4. The van der Waals surface area contributed by atoms with Crippen LogP contribution in [-0.2, 0) is 9.47 Å². The quantitative estimate of drug-likeness (QED) is 0.457. The Kier molecular flexibility index (Phi) is 5.72. The third kappa shape index (κ3) is 4.50. The predicted octanol–water partition coefficient (Wildman–Crippen LogP) is 2.83. The Hall–Kier alpha value is -1.66. The van der Waals surface area contributed by atoms with E-state index in [0.717, 1.165) is 0 Å². The van der Waals surface area contributed by atoms with Crippen LogP contribution in [0.4, 0.5) is 5.69 Å². The summed E-state index contributed by atoms with van der Waals surface area (Å²) in [6.45, 7) is 4.19. The van der Waals surface area contributed by atoms with Gasteiger partial charge in [0.05, 0.1) is 11.5 Å². The number of hydrogen-bond donors (Lipinski definition) is 0. The van der Waals surface area contributed by atoms with Crippen LogP contribution in [0.25, 0.3) is 0 Å². The molecule has 0 N–H and O–H groups in total. The molecule has 0 heterocycles. The van der Waals surface area contributed by atoms with E-state index in [2.05, 4.69) is 0 Å². The number of hydrogen-bond acceptors (Lipinski definition) is 5. The normalized spacial score (nSPS) is 11.9. The summed E-state index contributed by atoms with van der Waals surface area (Å²) >= 11 is 5.73. The van der Waals surface area contributed by atoms with Crippen molar-refractivity contribution < 1.29 is 19.2 Å². The van der Waals surface area contributed by atoms with Crippen molar-refractivity contribution in [2.24, 2.45) is 0 Å². The van der Waals surface area contributed by atoms with Gasteiger partial charge >= 0.3 is 5.97 Å². The average molecular weight is 288 g/mol. The molecular weight excluding hydrogens is 274 g/mol. The molecule has 1 unspecified atom stereocenters. The molecule has 0 spiro atoms. The zero-order valence-corrected chi connectivity index (χ0v) is 11.3. The number of benzene rings is 1. The molecule has 0 saturated heterocycles. The lowest BCUT2D eigenvalue weighted by Crippen LogP contribution is -2.21. The highest BCUT2D eigenvalue weighted by Crippen LogP contribution is 2.23. The topological polar surface area (TPSA) is 78.7 Å². The first-order valence-corrected chi connectivity index (χ1v) is 6.06. The second kappa shape index (κ2) is 7.06. The Morgan fingerprint density at radius 3 is 2.79 bits per heavy atom. The van der Waals surface area contributed by atoms with Gasteiger partial charge in [0.1, 0.15) is 11.7 Å². The number of rotatable bonds is 6. The fourth-order valence-electron chi connectivity index (χ4n) is 1.40. The lowest BCUT2D eigenvalue weighted by Gasteiger charge is -2.13. The minimum Gasteiger partial charge on any atom is -0.456 e. The number of nitro groups is 1. The first-order valence-electron chi connectivity index (χ1n) is 5.68. The molecule has 104 valence electrons. The Labute approximate surface area is 115 Å². The predicted molar refractivity (Wildman–Crippen MR) is 69.5 cm³/mol. The summed E-state index contributed by atoms with van der Waals surface area (Å²) < 4.78 is 10.2. The van der Waals surface area contributed by atoms with Gasteiger partial charge in [0.2, 0.25) is 0 Å². The van der Waals surface area contributed by atoms with Crippen molar-refractivity contribution in [2.45, 2.75) is 20.0 Å². The van der Waals surface area contributed by atoms with Crippen LogP contribution >= 0.6 is 11.6 Å². The van der Waals surface area contributed by atoms with Crippen LogP contribution in [0.15, 0.2) is 18.2 Å². The second-order valence-corrected chi connectivity index (χ2v) is 4.23. The molecule has 0 aliphatic carbocycles. The van der Waals surface area contributed by atoms with Crippen molar-refractivity contribution in [1.82, 2.24) is 0 Å². The van der Waals surface area contributed by atoms with Crippen molar-refractivity contribution in [2.75, 3.05) is 13.2 Å². The van der Waals surface area contributed by atoms with Crippen molar-refractivity contribution in [1.29, 1.82) is 0 Å². The van der Waals surface area contributed by atoms with Crippen LogP contribution in [0.1, 0.15) is 24.2 Å². The lowest BCUT2D eigenvalue weighted by molar-refractivity contribution is -0.385. The number of carbonyl (C=O) groups is 1. The maximum absolute atomic E-state index is 11.9. The van der Waals surface area contributed by atoms with E-state index in [1.54, 1.807) is 6.92 Å². The molecule has 1 atom stereocenters. The van der Waals surface area contributed by atoms with E-state index in [0.29, 0.717) is 6.61 Å². The van der Waals surface area contributed by atoms with Gasteiger partial charge in [0.15, 0.2) is 0 Å². The van der Waals surface area contributed by atoms with E-state index in [1.807, 2.05) is 6.92 Å². The highest BCUT2D eigenvalue weighted by atomic mass is 35.5. The fourth-order valence-corrected chi connectivity index (χ4v) is 1.57. The smallest absolute Gasteiger partial charge is 0.345 e. The third-order valence-electron chi connectivity index (χ3n) is 2.24. The Balaban J connectivity index is 2.86. The molecule has 1 aromatic rings. The van der Waals surface area contributed by atoms with Crippen LogP contribution in [0, 0.1) is 10.1 Å². The fraction of sp³-hybridized carbons (Fsp3) is 0.417. The second-order valence-electron chi connectivity index (χ2n) is 3.79. The standard InChI is InChI=1S/C12H14ClNO5/c1-3-18-7-8(2)19-12(15)10-6-9(13)4-5-11(10)14(16)17/h4-6,8H,3,7H2,1-2H3. The largest absolute Gasteiger partial charge is 0.456 e. The monoisotopic (exact) mass is 287 g/mol. The molecule has 0 aliphatic heterocycles. The van der Waals surface area contributed by atoms with Crippen LogP contribution in [0.5, 0.6) is 0 Å². The molecule has 0 amide bonds. The molecule has 19 heavy (non-hydrogen) atoms. The Morgan fingerprint density at radius 1 is 1.53 bits per heavy atom. The molecule has 6 nitrogen and oxygen atoms in total. The minimum atomic E-state index is -0.790. The van der Waals surface area contributed by atoms with Crippen molar-refractivity contribution in [3.05, 3.63) is 38.9 Å². The number of esters is 1. The van der Waals surface area contributed by atoms with Crippen LogP contribution in [0.3, 0.4) is 0 Å². The summed E-state index contributed by atoms with van der Waals surface area (Å²) in [5.41, 5.74) is -0.501. The summed E-state index contributed by atoms with van der Waals surface area (Å²) in [7, 11) is 0. The summed E-state index contributed by atoms with van der Waals surface area (Å²) in [5.74, 6) is -0.790. The van der Waals surface area contributed by atoms with Gasteiger partial charge in [-0.1, -0.05) is 11.6 Å². The van der Waals surface area contributed by atoms with Gasteiger partial charge in [-0.3, -0.25) is 10.1 Å². The molecule has 0 bridgehead atoms. The van der Waals surface area contributed by atoms with Gasteiger partial charge in [-0.15, -0.1) is 0 Å². The number of nitrogens with zero attached hydrogens (tertiary/aromatic N) is 1. The SMILES string of the molecule is CCOCC(C)OC(=O)c1cc(Cl)ccc1[N+](=O)[O-]. The van der Waals surface area contributed by atoms with Crippen LogP contribution in [0.2, 0.25) is 5.02 Å². The maximum Gasteiger partial charge on any atom is 0.345 e. The van der Waals surface area contributed by atoms with Crippen molar-refractivity contribution >= 4 is 23.3 Å². The van der Waals surface area contributed by atoms with Crippen molar-refractivity contribution in [3.63, 3.8) is 0 Å². The molecule has 0 radical (unpaired) electrons.